The van der Waals surface area contributed by atoms with Crippen LogP contribution in [0.1, 0.15) is 18.4 Å². The summed E-state index contributed by atoms with van der Waals surface area (Å²) in [7, 11) is 0. The van der Waals surface area contributed by atoms with E-state index in [0.29, 0.717) is 0 Å². The van der Waals surface area contributed by atoms with Gasteiger partial charge in [-0.2, -0.15) is 0 Å². The van der Waals surface area contributed by atoms with E-state index in [-0.39, 0.29) is 0 Å². The number of hydrogen-bond acceptors (Lipinski definition) is 3. The third kappa shape index (κ3) is 4.83. The van der Waals surface area contributed by atoms with Crippen LogP contribution < -0.4 is 5.32 Å². The maximum Gasteiger partial charge on any atom is 0.207 e. The number of pyridine rings is 1. The van der Waals surface area contributed by atoms with Gasteiger partial charge in [0.05, 0.1) is 5.03 Å². The zero-order chi connectivity index (χ0) is 10.9. The lowest BCUT2D eigenvalue weighted by molar-refractivity contribution is -0.109. The van der Waals surface area contributed by atoms with Gasteiger partial charge in [0.25, 0.3) is 0 Å². The number of carbonyl (C=O) groups excluding carboxylic acids is 1. The van der Waals surface area contributed by atoms with Crippen molar-refractivity contribution < 1.29 is 4.79 Å². The van der Waals surface area contributed by atoms with Gasteiger partial charge in [-0.15, -0.1) is 11.8 Å². The maximum absolute atomic E-state index is 9.98. The second-order valence-electron chi connectivity index (χ2n) is 3.25. The van der Waals surface area contributed by atoms with E-state index in [0.717, 1.165) is 36.6 Å². The Morgan fingerprint density at radius 1 is 1.53 bits per heavy atom. The Balaban J connectivity index is 2.15. The first-order valence-corrected chi connectivity index (χ1v) is 6.04. The molecule has 0 aliphatic heterocycles. The molecule has 4 heteroatoms. The van der Waals surface area contributed by atoms with Crippen molar-refractivity contribution in [3.8, 4) is 0 Å². The van der Waals surface area contributed by atoms with Crippen LogP contribution in [0.2, 0.25) is 0 Å². The highest BCUT2D eigenvalue weighted by Crippen LogP contribution is 2.19. The lowest BCUT2D eigenvalue weighted by Crippen LogP contribution is -2.11. The molecule has 1 amide bonds. The summed E-state index contributed by atoms with van der Waals surface area (Å²) in [6.07, 6.45) is 4.69. The third-order valence-corrected chi connectivity index (χ3v) is 3.19. The fourth-order valence-corrected chi connectivity index (χ4v) is 2.15. The van der Waals surface area contributed by atoms with Gasteiger partial charge in [-0.25, -0.2) is 4.98 Å². The van der Waals surface area contributed by atoms with Gasteiger partial charge in [0.1, 0.15) is 0 Å². The summed E-state index contributed by atoms with van der Waals surface area (Å²) in [6.45, 7) is 2.84. The van der Waals surface area contributed by atoms with Gasteiger partial charge < -0.3 is 5.32 Å². The largest absolute Gasteiger partial charge is 0.359 e. The summed E-state index contributed by atoms with van der Waals surface area (Å²) in [6, 6.07) is 4.02. The minimum Gasteiger partial charge on any atom is -0.359 e. The lowest BCUT2D eigenvalue weighted by atomic mass is 10.3. The number of thioether (sulfide) groups is 1. The topological polar surface area (TPSA) is 42.0 Å². The van der Waals surface area contributed by atoms with E-state index in [4.69, 9.17) is 0 Å². The van der Waals surface area contributed by atoms with Crippen LogP contribution in [0.25, 0.3) is 0 Å². The summed E-state index contributed by atoms with van der Waals surface area (Å²) in [5.74, 6) is 1.05. The minimum absolute atomic E-state index is 0.746. The minimum atomic E-state index is 0.746. The first-order chi connectivity index (χ1) is 7.34. The molecule has 15 heavy (non-hydrogen) atoms. The van der Waals surface area contributed by atoms with Crippen LogP contribution in [0, 0.1) is 6.92 Å². The highest BCUT2D eigenvalue weighted by molar-refractivity contribution is 7.99. The lowest BCUT2D eigenvalue weighted by Gasteiger charge is -2.03. The van der Waals surface area contributed by atoms with Crippen molar-refractivity contribution in [2.45, 2.75) is 24.8 Å². The van der Waals surface area contributed by atoms with Crippen LogP contribution >= 0.6 is 11.8 Å². The summed E-state index contributed by atoms with van der Waals surface area (Å²) in [4.78, 5) is 14.3. The normalized spacial score (nSPS) is 9.93. The molecule has 3 nitrogen and oxygen atoms in total. The van der Waals surface area contributed by atoms with Crippen molar-refractivity contribution in [1.82, 2.24) is 10.3 Å². The average molecular weight is 224 g/mol. The molecule has 0 radical (unpaired) electrons. The third-order valence-electron chi connectivity index (χ3n) is 2.00. The summed E-state index contributed by atoms with van der Waals surface area (Å²) >= 11 is 1.78. The van der Waals surface area contributed by atoms with Crippen LogP contribution in [-0.2, 0) is 4.79 Å². The van der Waals surface area contributed by atoms with Crippen molar-refractivity contribution in [3.05, 3.63) is 23.9 Å². The molecule has 0 saturated heterocycles. The van der Waals surface area contributed by atoms with Gasteiger partial charge >= 0.3 is 0 Å². The van der Waals surface area contributed by atoms with Crippen molar-refractivity contribution in [1.29, 1.82) is 0 Å². The first kappa shape index (κ1) is 12.0. The number of unbranched alkanes of at least 4 members (excludes halogenated alkanes) is 1. The van der Waals surface area contributed by atoms with E-state index in [2.05, 4.69) is 23.3 Å². The maximum atomic E-state index is 9.98. The molecule has 0 aliphatic rings. The molecule has 0 saturated carbocycles. The molecule has 1 heterocycles. The summed E-state index contributed by atoms with van der Waals surface area (Å²) in [5.41, 5.74) is 1.23. The van der Waals surface area contributed by atoms with Gasteiger partial charge in [-0.3, -0.25) is 4.79 Å². The molecule has 1 N–H and O–H groups in total. The van der Waals surface area contributed by atoms with Crippen molar-refractivity contribution >= 4 is 18.2 Å². The summed E-state index contributed by atoms with van der Waals surface area (Å²) in [5, 5.41) is 3.76. The zero-order valence-corrected chi connectivity index (χ0v) is 9.72. The van der Waals surface area contributed by atoms with E-state index in [1.54, 1.807) is 11.8 Å². The van der Waals surface area contributed by atoms with Crippen molar-refractivity contribution in [2.75, 3.05) is 12.3 Å². The van der Waals surface area contributed by atoms with E-state index in [1.807, 2.05) is 12.3 Å². The Morgan fingerprint density at radius 3 is 3.13 bits per heavy atom. The van der Waals surface area contributed by atoms with E-state index in [9.17, 15) is 4.79 Å². The van der Waals surface area contributed by atoms with Crippen LogP contribution in [-0.4, -0.2) is 23.7 Å². The molecule has 0 aromatic carbocycles. The fourth-order valence-electron chi connectivity index (χ4n) is 1.18. The predicted molar refractivity (Wildman–Crippen MR) is 63.0 cm³/mol. The quantitative estimate of drug-likeness (QED) is 0.437. The standard InChI is InChI=1S/C11H16N2OS/c1-10-5-4-7-13-11(10)15-8-3-2-6-12-9-14/h4-5,7,9H,2-3,6,8H2,1H3,(H,12,14). The van der Waals surface area contributed by atoms with Crippen LogP contribution in [0.5, 0.6) is 0 Å². The smallest absolute Gasteiger partial charge is 0.207 e. The number of rotatable bonds is 7. The molecular formula is C11H16N2OS. The molecule has 1 aromatic rings. The van der Waals surface area contributed by atoms with E-state index < -0.39 is 0 Å². The Morgan fingerprint density at radius 2 is 2.40 bits per heavy atom. The van der Waals surface area contributed by atoms with Gasteiger partial charge in [0, 0.05) is 12.7 Å². The Kier molecular flexibility index (Phi) is 5.85. The molecule has 0 bridgehead atoms. The van der Waals surface area contributed by atoms with E-state index >= 15 is 0 Å². The van der Waals surface area contributed by atoms with Crippen LogP contribution in [0.4, 0.5) is 0 Å². The van der Waals surface area contributed by atoms with Gasteiger partial charge in [0.2, 0.25) is 6.41 Å². The van der Waals surface area contributed by atoms with Gasteiger partial charge in [0.15, 0.2) is 0 Å². The number of nitrogens with zero attached hydrogens (tertiary/aromatic N) is 1. The van der Waals surface area contributed by atoms with Crippen LogP contribution in [0.3, 0.4) is 0 Å². The molecule has 1 rings (SSSR count). The van der Waals surface area contributed by atoms with Crippen LogP contribution in [0.15, 0.2) is 23.4 Å². The molecule has 0 atom stereocenters. The SMILES string of the molecule is Cc1cccnc1SCCCCNC=O. The summed E-state index contributed by atoms with van der Waals surface area (Å²) < 4.78 is 0. The molecule has 0 aliphatic carbocycles. The molecular weight excluding hydrogens is 208 g/mol. The average Bonchev–Trinajstić information content (AvgIpc) is 2.25. The molecule has 0 fully saturated rings. The second kappa shape index (κ2) is 7.29. The second-order valence-corrected chi connectivity index (χ2v) is 4.34. The number of hydrogen-bond donors (Lipinski definition) is 1. The fraction of sp³-hybridized carbons (Fsp3) is 0.455. The Labute approximate surface area is 94.7 Å². The molecule has 0 spiro atoms. The van der Waals surface area contributed by atoms with Gasteiger partial charge in [-0.05, 0) is 37.1 Å². The highest BCUT2D eigenvalue weighted by Gasteiger charge is 1.98. The highest BCUT2D eigenvalue weighted by atomic mass is 32.2. The first-order valence-electron chi connectivity index (χ1n) is 5.06. The molecule has 82 valence electrons. The number of amides is 1. The van der Waals surface area contributed by atoms with E-state index in [1.165, 1.54) is 5.56 Å². The number of carbonyl (C=O) groups is 1. The van der Waals surface area contributed by atoms with Crippen molar-refractivity contribution in [3.63, 3.8) is 0 Å². The number of nitrogens with one attached hydrogen (secondary N) is 1. The predicted octanol–water partition coefficient (Wildman–Crippen LogP) is 2.01. The van der Waals surface area contributed by atoms with Gasteiger partial charge in [-0.1, -0.05) is 6.07 Å². The number of aryl methyl sites for hydroxylation is 1. The Bertz CT molecular complexity index is 304. The Hall–Kier alpha value is -1.03. The monoisotopic (exact) mass is 224 g/mol. The van der Waals surface area contributed by atoms with Crippen molar-refractivity contribution in [2.24, 2.45) is 0 Å². The molecule has 1 aromatic heterocycles. The number of aromatic nitrogens is 1. The zero-order valence-electron chi connectivity index (χ0n) is 8.90. The molecule has 0 unspecified atom stereocenters.